The van der Waals surface area contributed by atoms with Crippen LogP contribution in [-0.4, -0.2) is 31.5 Å². The third-order valence-corrected chi connectivity index (χ3v) is 6.04. The van der Waals surface area contributed by atoms with Crippen molar-refractivity contribution in [2.45, 2.75) is 12.8 Å². The van der Waals surface area contributed by atoms with E-state index >= 15 is 0 Å². The molecule has 1 aliphatic carbocycles. The number of carbonyl (C=O) groups excluding carboxylic acids is 3. The minimum atomic E-state index is -0.670. The number of nitrogens with one attached hydrogen (secondary N) is 1. The number of hydrogen-bond acceptors (Lipinski definition) is 6. The number of aryl methyl sites for hydroxylation is 2. The van der Waals surface area contributed by atoms with Gasteiger partial charge in [-0.15, -0.1) is 11.3 Å². The molecule has 3 aromatic rings. The van der Waals surface area contributed by atoms with Crippen molar-refractivity contribution in [2.24, 2.45) is 0 Å². The average Bonchev–Trinajstić information content (AvgIpc) is 3.22. The van der Waals surface area contributed by atoms with E-state index in [-0.39, 0.29) is 0 Å². The van der Waals surface area contributed by atoms with Crippen LogP contribution in [0.5, 0.6) is 5.75 Å². The maximum atomic E-state index is 12.4. The van der Waals surface area contributed by atoms with Gasteiger partial charge in [-0.25, -0.2) is 4.79 Å². The van der Waals surface area contributed by atoms with Crippen molar-refractivity contribution < 1.29 is 23.9 Å². The fourth-order valence-electron chi connectivity index (χ4n) is 3.36. The number of fused-ring (bicyclic) bond motifs is 3. The maximum absolute atomic E-state index is 12.4. The number of thiophene rings is 1. The summed E-state index contributed by atoms with van der Waals surface area (Å²) in [4.78, 5) is 37.9. The van der Waals surface area contributed by atoms with Crippen LogP contribution in [0.15, 0.2) is 54.6 Å². The molecule has 152 valence electrons. The van der Waals surface area contributed by atoms with Gasteiger partial charge in [-0.3, -0.25) is 14.9 Å². The fraction of sp³-hybridized carbons (Fsp3) is 0.174. The summed E-state index contributed by atoms with van der Waals surface area (Å²) >= 11 is 1.35. The van der Waals surface area contributed by atoms with Gasteiger partial charge in [0.2, 0.25) is 0 Å². The molecule has 30 heavy (non-hydrogen) atoms. The van der Waals surface area contributed by atoms with Gasteiger partial charge in [0.25, 0.3) is 11.8 Å². The van der Waals surface area contributed by atoms with Gasteiger partial charge >= 0.3 is 5.97 Å². The third-order valence-electron chi connectivity index (χ3n) is 4.85. The molecule has 0 radical (unpaired) electrons. The van der Waals surface area contributed by atoms with Crippen LogP contribution in [0.25, 0.3) is 10.4 Å². The van der Waals surface area contributed by atoms with Crippen LogP contribution in [0.2, 0.25) is 0 Å². The first-order valence-corrected chi connectivity index (χ1v) is 10.2. The van der Waals surface area contributed by atoms with Crippen LogP contribution < -0.4 is 10.1 Å². The van der Waals surface area contributed by atoms with Crippen LogP contribution in [0.1, 0.15) is 31.2 Å². The lowest BCUT2D eigenvalue weighted by atomic mass is 9.91. The first-order valence-electron chi connectivity index (χ1n) is 9.41. The molecule has 2 aromatic carbocycles. The first-order chi connectivity index (χ1) is 14.5. The van der Waals surface area contributed by atoms with E-state index in [4.69, 9.17) is 9.47 Å². The molecule has 0 saturated heterocycles. The summed E-state index contributed by atoms with van der Waals surface area (Å²) in [5.74, 6) is -0.970. The number of amides is 2. The number of carbonyl (C=O) groups is 3. The number of hydrogen-bond donors (Lipinski definition) is 1. The van der Waals surface area contributed by atoms with Gasteiger partial charge in [0.15, 0.2) is 6.61 Å². The van der Waals surface area contributed by atoms with Crippen LogP contribution in [-0.2, 0) is 22.4 Å². The Morgan fingerprint density at radius 2 is 1.77 bits per heavy atom. The molecule has 1 N–H and O–H groups in total. The maximum Gasteiger partial charge on any atom is 0.348 e. The molecule has 0 bridgehead atoms. The van der Waals surface area contributed by atoms with Gasteiger partial charge in [-0.05, 0) is 65.9 Å². The molecular formula is C23H19NO5S. The number of imide groups is 1. The Kier molecular flexibility index (Phi) is 5.63. The van der Waals surface area contributed by atoms with Gasteiger partial charge in [0.05, 0.1) is 7.11 Å². The highest BCUT2D eigenvalue weighted by atomic mass is 32.1. The molecule has 0 saturated carbocycles. The second kappa shape index (κ2) is 8.51. The van der Waals surface area contributed by atoms with Crippen LogP contribution in [0, 0.1) is 0 Å². The Morgan fingerprint density at radius 1 is 1.00 bits per heavy atom. The van der Waals surface area contributed by atoms with Crippen LogP contribution >= 0.6 is 11.3 Å². The molecule has 2 amide bonds. The predicted molar refractivity (Wildman–Crippen MR) is 113 cm³/mol. The summed E-state index contributed by atoms with van der Waals surface area (Å²) in [7, 11) is 1.64. The third kappa shape index (κ3) is 4.11. The Labute approximate surface area is 177 Å². The highest BCUT2D eigenvalue weighted by Crippen LogP contribution is 2.40. The van der Waals surface area contributed by atoms with E-state index < -0.39 is 24.4 Å². The minimum Gasteiger partial charge on any atom is -0.497 e. The lowest BCUT2D eigenvalue weighted by Crippen LogP contribution is -2.34. The van der Waals surface area contributed by atoms with E-state index in [0.717, 1.165) is 34.6 Å². The summed E-state index contributed by atoms with van der Waals surface area (Å²) in [5, 5.41) is 2.21. The molecule has 7 heteroatoms. The normalized spacial score (nSPS) is 11.8. The molecule has 1 aliphatic rings. The highest BCUT2D eigenvalue weighted by molar-refractivity contribution is 7.17. The molecule has 0 unspecified atom stereocenters. The van der Waals surface area contributed by atoms with E-state index in [1.54, 1.807) is 37.4 Å². The molecule has 1 heterocycles. The number of rotatable bonds is 5. The number of benzene rings is 2. The SMILES string of the molecule is COc1ccc2c(c1)CCc1cc(C(=O)OCC(=O)NC(=O)c3ccccc3)sc1-2. The number of esters is 1. The van der Waals surface area contributed by atoms with E-state index in [1.807, 2.05) is 24.3 Å². The zero-order valence-corrected chi connectivity index (χ0v) is 17.1. The quantitative estimate of drug-likeness (QED) is 0.636. The molecule has 0 fully saturated rings. The van der Waals surface area contributed by atoms with Gasteiger partial charge in [0, 0.05) is 10.4 Å². The number of ether oxygens (including phenoxy) is 2. The van der Waals surface area contributed by atoms with Crippen molar-refractivity contribution in [1.82, 2.24) is 5.32 Å². The van der Waals surface area contributed by atoms with Crippen molar-refractivity contribution in [3.8, 4) is 16.2 Å². The topological polar surface area (TPSA) is 81.7 Å². The summed E-state index contributed by atoms with van der Waals surface area (Å²) in [6, 6.07) is 16.1. The fourth-order valence-corrected chi connectivity index (χ4v) is 4.53. The van der Waals surface area contributed by atoms with Crippen molar-refractivity contribution in [3.63, 3.8) is 0 Å². The molecule has 4 rings (SSSR count). The smallest absolute Gasteiger partial charge is 0.348 e. The summed E-state index contributed by atoms with van der Waals surface area (Å²) in [5.41, 5.74) is 3.72. The van der Waals surface area contributed by atoms with Crippen LogP contribution in [0.3, 0.4) is 0 Å². The van der Waals surface area contributed by atoms with Gasteiger partial charge in [-0.1, -0.05) is 18.2 Å². The Hall–Kier alpha value is -3.45. The second-order valence-corrected chi connectivity index (χ2v) is 7.86. The summed E-state index contributed by atoms with van der Waals surface area (Å²) in [6.45, 7) is -0.520. The highest BCUT2D eigenvalue weighted by Gasteiger charge is 2.23. The zero-order chi connectivity index (χ0) is 21.1. The largest absolute Gasteiger partial charge is 0.497 e. The molecule has 0 spiro atoms. The minimum absolute atomic E-state index is 0.360. The van der Waals surface area contributed by atoms with Gasteiger partial charge in [0.1, 0.15) is 10.6 Å². The molecule has 0 atom stereocenters. The molecule has 6 nitrogen and oxygen atoms in total. The van der Waals surface area contributed by atoms with Crippen molar-refractivity contribution in [1.29, 1.82) is 0 Å². The Balaban J connectivity index is 1.40. The van der Waals surface area contributed by atoms with E-state index in [9.17, 15) is 14.4 Å². The first kappa shape index (κ1) is 19.8. The van der Waals surface area contributed by atoms with E-state index in [1.165, 1.54) is 16.9 Å². The monoisotopic (exact) mass is 421 g/mol. The molecule has 1 aromatic heterocycles. The van der Waals surface area contributed by atoms with Gasteiger partial charge < -0.3 is 9.47 Å². The van der Waals surface area contributed by atoms with Crippen molar-refractivity contribution in [2.75, 3.05) is 13.7 Å². The standard InChI is InChI=1S/C23H19NO5S/c1-28-17-9-10-18-15(11-17)7-8-16-12-19(30-21(16)18)23(27)29-13-20(25)24-22(26)14-5-3-2-4-6-14/h2-6,9-12H,7-8,13H2,1H3,(H,24,25,26). The van der Waals surface area contributed by atoms with E-state index in [0.29, 0.717) is 10.4 Å². The Morgan fingerprint density at radius 3 is 2.53 bits per heavy atom. The van der Waals surface area contributed by atoms with E-state index in [2.05, 4.69) is 5.32 Å². The summed E-state index contributed by atoms with van der Waals surface area (Å²) < 4.78 is 10.4. The van der Waals surface area contributed by atoms with Crippen molar-refractivity contribution >= 4 is 29.1 Å². The summed E-state index contributed by atoms with van der Waals surface area (Å²) in [6.07, 6.45) is 1.69. The predicted octanol–water partition coefficient (Wildman–Crippen LogP) is 3.64. The van der Waals surface area contributed by atoms with Crippen LogP contribution in [0.4, 0.5) is 0 Å². The lowest BCUT2D eigenvalue weighted by molar-refractivity contribution is -0.123. The van der Waals surface area contributed by atoms with Gasteiger partial charge in [-0.2, -0.15) is 0 Å². The Bertz CT molecular complexity index is 1120. The number of methoxy groups -OCH3 is 1. The average molecular weight is 421 g/mol. The molecular weight excluding hydrogens is 402 g/mol. The lowest BCUT2D eigenvalue weighted by Gasteiger charge is -2.16. The second-order valence-electron chi connectivity index (χ2n) is 6.81. The van der Waals surface area contributed by atoms with Crippen molar-refractivity contribution in [3.05, 3.63) is 76.2 Å². The molecule has 0 aliphatic heterocycles. The zero-order valence-electron chi connectivity index (χ0n) is 16.3.